The van der Waals surface area contributed by atoms with Crippen LogP contribution in [-0.2, 0) is 4.79 Å². The predicted octanol–water partition coefficient (Wildman–Crippen LogP) is 4.32. The highest BCUT2D eigenvalue weighted by molar-refractivity contribution is 9.11. The van der Waals surface area contributed by atoms with Crippen LogP contribution < -0.4 is 5.32 Å². The average molecular weight is 440 g/mol. The van der Waals surface area contributed by atoms with Crippen molar-refractivity contribution in [1.82, 2.24) is 0 Å². The first-order valence-electron chi connectivity index (χ1n) is 6.36. The number of non-ortho nitro benzene ring substituents is 1. The maximum atomic E-state index is 12.2. The zero-order valence-electron chi connectivity index (χ0n) is 11.3. The second-order valence-electron chi connectivity index (χ2n) is 4.82. The molecule has 0 spiro atoms. The molecule has 0 radical (unpaired) electrons. The van der Waals surface area contributed by atoms with E-state index in [2.05, 4.69) is 37.2 Å². The second-order valence-corrected chi connectivity index (χ2v) is 6.59. The van der Waals surface area contributed by atoms with Crippen molar-refractivity contribution in [1.29, 1.82) is 0 Å². The first kappa shape index (κ1) is 15.7. The highest BCUT2D eigenvalue weighted by Gasteiger charge is 2.27. The van der Waals surface area contributed by atoms with Crippen LogP contribution in [0.2, 0.25) is 0 Å². The minimum Gasteiger partial charge on any atom is -0.507 e. The zero-order valence-corrected chi connectivity index (χ0v) is 14.5. The van der Waals surface area contributed by atoms with Gasteiger partial charge in [-0.1, -0.05) is 15.9 Å². The Morgan fingerprint density at radius 1 is 1.22 bits per heavy atom. The lowest BCUT2D eigenvalue weighted by Crippen LogP contribution is -2.03. The van der Waals surface area contributed by atoms with Gasteiger partial charge in [0.1, 0.15) is 5.75 Å². The molecule has 1 amide bonds. The molecule has 0 bridgehead atoms. The van der Waals surface area contributed by atoms with Gasteiger partial charge in [0.2, 0.25) is 0 Å². The van der Waals surface area contributed by atoms with Crippen molar-refractivity contribution in [3.8, 4) is 5.75 Å². The van der Waals surface area contributed by atoms with Gasteiger partial charge in [0.05, 0.1) is 10.6 Å². The van der Waals surface area contributed by atoms with Crippen LogP contribution >= 0.6 is 31.9 Å². The summed E-state index contributed by atoms with van der Waals surface area (Å²) < 4.78 is 1.48. The number of fused-ring (bicyclic) bond motifs is 1. The smallest absolute Gasteiger partial charge is 0.270 e. The van der Waals surface area contributed by atoms with E-state index in [9.17, 15) is 20.0 Å². The van der Waals surface area contributed by atoms with Gasteiger partial charge in [-0.05, 0) is 40.2 Å². The minimum atomic E-state index is -0.558. The molecule has 2 aromatic carbocycles. The zero-order chi connectivity index (χ0) is 16.7. The molecule has 0 saturated carbocycles. The van der Waals surface area contributed by atoms with Crippen LogP contribution in [0.3, 0.4) is 0 Å². The number of phenolic OH excluding ortho intramolecular Hbond substituents is 1. The number of nitro benzene ring substituents is 1. The maximum Gasteiger partial charge on any atom is 0.270 e. The van der Waals surface area contributed by atoms with Gasteiger partial charge in [-0.3, -0.25) is 14.9 Å². The third-order valence-corrected chi connectivity index (χ3v) is 4.43. The molecule has 2 N–H and O–H groups in total. The van der Waals surface area contributed by atoms with Crippen molar-refractivity contribution in [3.63, 3.8) is 0 Å². The highest BCUT2D eigenvalue weighted by Crippen LogP contribution is 2.41. The number of carbonyl (C=O) groups is 1. The lowest BCUT2D eigenvalue weighted by molar-refractivity contribution is -0.384. The number of rotatable bonds is 2. The largest absolute Gasteiger partial charge is 0.507 e. The Balaban J connectivity index is 2.17. The summed E-state index contributed by atoms with van der Waals surface area (Å²) >= 11 is 6.73. The Kier molecular flexibility index (Phi) is 3.95. The van der Waals surface area contributed by atoms with Crippen molar-refractivity contribution < 1.29 is 14.8 Å². The number of amides is 1. The Hall–Kier alpha value is -2.19. The van der Waals surface area contributed by atoms with Crippen LogP contribution in [0.25, 0.3) is 11.6 Å². The maximum absolute atomic E-state index is 12.2. The number of benzene rings is 2. The van der Waals surface area contributed by atoms with Gasteiger partial charge in [-0.2, -0.15) is 0 Å². The first-order valence-corrected chi connectivity index (χ1v) is 7.95. The monoisotopic (exact) mass is 438 g/mol. The lowest BCUT2D eigenvalue weighted by atomic mass is 10.0. The summed E-state index contributed by atoms with van der Waals surface area (Å²) in [7, 11) is 0. The normalized spacial score (nSPS) is 14.7. The molecular weight excluding hydrogens is 432 g/mol. The summed E-state index contributed by atoms with van der Waals surface area (Å²) in [5.74, 6) is -0.483. The van der Waals surface area contributed by atoms with Gasteiger partial charge < -0.3 is 10.4 Å². The molecule has 0 unspecified atom stereocenters. The highest BCUT2D eigenvalue weighted by atomic mass is 79.9. The number of hydrogen-bond donors (Lipinski definition) is 2. The standard InChI is InChI=1S/C15H8Br2N2O4/c16-8-5-10-11(15(21)18-14(10)12(17)6-8)4-7-3-9(19(22)23)1-2-13(7)20/h1-6,20H,(H,18,21). The number of aromatic hydroxyl groups is 1. The van der Waals surface area contributed by atoms with Crippen molar-refractivity contribution >= 4 is 60.8 Å². The number of nitrogens with one attached hydrogen (secondary N) is 1. The van der Waals surface area contributed by atoms with E-state index in [1.54, 1.807) is 12.1 Å². The Labute approximate surface area is 147 Å². The van der Waals surface area contributed by atoms with E-state index in [0.717, 1.165) is 4.47 Å². The van der Waals surface area contributed by atoms with Gasteiger partial charge in [-0.25, -0.2) is 0 Å². The lowest BCUT2D eigenvalue weighted by Gasteiger charge is -2.03. The molecule has 1 aliphatic heterocycles. The van der Waals surface area contributed by atoms with Crippen LogP contribution in [0, 0.1) is 10.1 Å². The second kappa shape index (κ2) is 5.78. The molecule has 6 nitrogen and oxygen atoms in total. The van der Waals surface area contributed by atoms with E-state index >= 15 is 0 Å². The third-order valence-electron chi connectivity index (χ3n) is 3.35. The predicted molar refractivity (Wildman–Crippen MR) is 93.1 cm³/mol. The van der Waals surface area contributed by atoms with Crippen molar-refractivity contribution in [3.05, 3.63) is 60.5 Å². The number of phenols is 1. The average Bonchev–Trinajstić information content (AvgIpc) is 2.78. The molecule has 0 aliphatic carbocycles. The SMILES string of the molecule is O=C1Nc2c(Br)cc(Br)cc2C1=Cc1cc([N+](=O)[O-])ccc1O. The van der Waals surface area contributed by atoms with Crippen molar-refractivity contribution in [2.45, 2.75) is 0 Å². The molecule has 1 aliphatic rings. The minimum absolute atomic E-state index is 0.140. The molecule has 23 heavy (non-hydrogen) atoms. The van der Waals surface area contributed by atoms with Crippen LogP contribution in [0.15, 0.2) is 39.3 Å². The fourth-order valence-corrected chi connectivity index (χ4v) is 3.61. The van der Waals surface area contributed by atoms with Crippen LogP contribution in [0.5, 0.6) is 5.75 Å². The Morgan fingerprint density at radius 2 is 1.96 bits per heavy atom. The summed E-state index contributed by atoms with van der Waals surface area (Å²) in [6.07, 6.45) is 1.43. The summed E-state index contributed by atoms with van der Waals surface area (Å²) in [6, 6.07) is 7.22. The summed E-state index contributed by atoms with van der Waals surface area (Å²) in [4.78, 5) is 22.5. The summed E-state index contributed by atoms with van der Waals surface area (Å²) in [5.41, 5.74) is 1.62. The number of nitro groups is 1. The van der Waals surface area contributed by atoms with Gasteiger partial charge in [0.15, 0.2) is 0 Å². The van der Waals surface area contributed by atoms with Gasteiger partial charge >= 0.3 is 0 Å². The number of halogens is 2. The third kappa shape index (κ3) is 2.87. The van der Waals surface area contributed by atoms with E-state index in [-0.39, 0.29) is 22.9 Å². The molecule has 0 fully saturated rings. The number of hydrogen-bond acceptors (Lipinski definition) is 4. The molecular formula is C15H8Br2N2O4. The van der Waals surface area contributed by atoms with Crippen molar-refractivity contribution in [2.75, 3.05) is 5.32 Å². The molecule has 3 rings (SSSR count). The number of nitrogens with zero attached hydrogens (tertiary/aromatic N) is 1. The van der Waals surface area contributed by atoms with Gasteiger partial charge in [0, 0.05) is 37.8 Å². The van der Waals surface area contributed by atoms with E-state index in [1.165, 1.54) is 24.3 Å². The summed E-state index contributed by atoms with van der Waals surface area (Å²) in [5, 5.41) is 23.5. The topological polar surface area (TPSA) is 92.5 Å². The van der Waals surface area contributed by atoms with E-state index in [0.29, 0.717) is 21.3 Å². The quantitative estimate of drug-likeness (QED) is 0.414. The molecule has 8 heteroatoms. The molecule has 0 aromatic heterocycles. The van der Waals surface area contributed by atoms with Crippen LogP contribution in [0.1, 0.15) is 11.1 Å². The molecule has 2 aromatic rings. The van der Waals surface area contributed by atoms with Crippen LogP contribution in [-0.4, -0.2) is 15.9 Å². The summed E-state index contributed by atoms with van der Waals surface area (Å²) in [6.45, 7) is 0. The molecule has 116 valence electrons. The molecule has 0 saturated heterocycles. The first-order chi connectivity index (χ1) is 10.9. The number of anilines is 1. The van der Waals surface area contributed by atoms with E-state index in [1.807, 2.05) is 0 Å². The van der Waals surface area contributed by atoms with Gasteiger partial charge in [0.25, 0.3) is 11.6 Å². The fourth-order valence-electron chi connectivity index (χ4n) is 2.29. The Bertz CT molecular complexity index is 893. The van der Waals surface area contributed by atoms with E-state index in [4.69, 9.17) is 0 Å². The van der Waals surface area contributed by atoms with Crippen LogP contribution in [0.4, 0.5) is 11.4 Å². The Morgan fingerprint density at radius 3 is 2.65 bits per heavy atom. The fraction of sp³-hybridized carbons (Fsp3) is 0. The van der Waals surface area contributed by atoms with E-state index < -0.39 is 4.92 Å². The molecule has 1 heterocycles. The van der Waals surface area contributed by atoms with Crippen molar-refractivity contribution in [2.24, 2.45) is 0 Å². The number of carbonyl (C=O) groups excluding carboxylic acids is 1. The van der Waals surface area contributed by atoms with Gasteiger partial charge in [-0.15, -0.1) is 0 Å². The molecule has 0 atom stereocenters.